The molecule has 3 aromatic carbocycles. The van der Waals surface area contributed by atoms with Crippen molar-refractivity contribution in [3.63, 3.8) is 0 Å². The average molecular weight is 457 g/mol. The summed E-state index contributed by atoms with van der Waals surface area (Å²) in [4.78, 5) is 28.8. The van der Waals surface area contributed by atoms with Crippen LogP contribution in [0, 0.1) is 6.92 Å². The van der Waals surface area contributed by atoms with Crippen LogP contribution in [0.15, 0.2) is 84.9 Å². The van der Waals surface area contributed by atoms with Gasteiger partial charge in [-0.15, -0.1) is 0 Å². The Morgan fingerprint density at radius 2 is 1.47 bits per heavy atom. The van der Waals surface area contributed by atoms with Gasteiger partial charge in [-0.25, -0.2) is 0 Å². The molecule has 0 heterocycles. The summed E-state index contributed by atoms with van der Waals surface area (Å²) in [6.07, 6.45) is 3.43. The largest absolute Gasteiger partial charge is 0.354 e. The van der Waals surface area contributed by atoms with Crippen LogP contribution in [0.5, 0.6) is 0 Å². The number of benzene rings is 3. The summed E-state index contributed by atoms with van der Waals surface area (Å²) in [7, 11) is 0. The lowest BCUT2D eigenvalue weighted by atomic mass is 10.0. The van der Waals surface area contributed by atoms with Crippen molar-refractivity contribution >= 4 is 11.8 Å². The van der Waals surface area contributed by atoms with Crippen molar-refractivity contribution in [2.45, 2.75) is 58.5 Å². The standard InChI is InChI=1S/C30H36N2O2/c1-3-4-21-31-30(34)28(22-26-16-9-6-10-17-26)32(23-27-18-12-11-13-24(27)2)29(33)20-19-25-14-7-5-8-15-25/h5-18,28H,3-4,19-23H2,1-2H3,(H,31,34). The molecule has 0 spiro atoms. The number of rotatable bonds is 12. The highest BCUT2D eigenvalue weighted by Gasteiger charge is 2.30. The van der Waals surface area contributed by atoms with E-state index >= 15 is 0 Å². The predicted octanol–water partition coefficient (Wildman–Crippen LogP) is 5.48. The van der Waals surface area contributed by atoms with Crippen LogP contribution < -0.4 is 5.32 Å². The Kier molecular flexibility index (Phi) is 9.90. The van der Waals surface area contributed by atoms with Gasteiger partial charge in [0, 0.05) is 25.9 Å². The maximum Gasteiger partial charge on any atom is 0.243 e. The maximum atomic E-state index is 13.6. The summed E-state index contributed by atoms with van der Waals surface area (Å²) in [6.45, 7) is 5.19. The van der Waals surface area contributed by atoms with Gasteiger partial charge in [0.15, 0.2) is 0 Å². The number of unbranched alkanes of at least 4 members (excludes halogenated alkanes) is 1. The number of carbonyl (C=O) groups is 2. The van der Waals surface area contributed by atoms with E-state index in [0.717, 1.165) is 35.1 Å². The molecular formula is C30H36N2O2. The highest BCUT2D eigenvalue weighted by molar-refractivity contribution is 5.88. The molecule has 0 fully saturated rings. The van der Waals surface area contributed by atoms with Crippen molar-refractivity contribution in [3.05, 3.63) is 107 Å². The fourth-order valence-electron chi connectivity index (χ4n) is 4.07. The zero-order valence-electron chi connectivity index (χ0n) is 20.4. The molecule has 4 heteroatoms. The molecule has 0 saturated carbocycles. The second-order valence-corrected chi connectivity index (χ2v) is 8.78. The molecule has 178 valence electrons. The third-order valence-electron chi connectivity index (χ3n) is 6.17. The minimum absolute atomic E-state index is 0.00122. The van der Waals surface area contributed by atoms with Gasteiger partial charge in [-0.3, -0.25) is 9.59 Å². The van der Waals surface area contributed by atoms with Crippen LogP contribution in [0.1, 0.15) is 48.4 Å². The van der Waals surface area contributed by atoms with E-state index in [9.17, 15) is 9.59 Å². The third-order valence-corrected chi connectivity index (χ3v) is 6.17. The van der Waals surface area contributed by atoms with Crippen molar-refractivity contribution in [3.8, 4) is 0 Å². The minimum Gasteiger partial charge on any atom is -0.354 e. The maximum absolute atomic E-state index is 13.6. The summed E-state index contributed by atoms with van der Waals surface area (Å²) in [5.41, 5.74) is 4.35. The number of nitrogens with one attached hydrogen (secondary N) is 1. The summed E-state index contributed by atoms with van der Waals surface area (Å²) in [5, 5.41) is 3.08. The Morgan fingerprint density at radius 1 is 0.853 bits per heavy atom. The Balaban J connectivity index is 1.89. The van der Waals surface area contributed by atoms with E-state index in [0.29, 0.717) is 32.4 Å². The highest BCUT2D eigenvalue weighted by atomic mass is 16.2. The Hall–Kier alpha value is -3.40. The number of carbonyl (C=O) groups excluding carboxylic acids is 2. The van der Waals surface area contributed by atoms with Crippen molar-refractivity contribution < 1.29 is 9.59 Å². The molecule has 0 aliphatic carbocycles. The fourth-order valence-corrected chi connectivity index (χ4v) is 4.07. The van der Waals surface area contributed by atoms with Crippen LogP contribution in [0.3, 0.4) is 0 Å². The molecule has 1 unspecified atom stereocenters. The van der Waals surface area contributed by atoms with Crippen LogP contribution in [-0.2, 0) is 29.0 Å². The number of aryl methyl sites for hydroxylation is 2. The topological polar surface area (TPSA) is 49.4 Å². The van der Waals surface area contributed by atoms with Gasteiger partial charge >= 0.3 is 0 Å². The van der Waals surface area contributed by atoms with Gasteiger partial charge in [0.1, 0.15) is 6.04 Å². The summed E-state index contributed by atoms with van der Waals surface area (Å²) in [6, 6.07) is 27.5. The first-order valence-corrected chi connectivity index (χ1v) is 12.3. The zero-order valence-corrected chi connectivity index (χ0v) is 20.4. The Bertz CT molecular complexity index is 1030. The fraction of sp³-hybridized carbons (Fsp3) is 0.333. The van der Waals surface area contributed by atoms with Crippen molar-refractivity contribution in [2.75, 3.05) is 6.54 Å². The lowest BCUT2D eigenvalue weighted by Gasteiger charge is -2.32. The highest BCUT2D eigenvalue weighted by Crippen LogP contribution is 2.18. The lowest BCUT2D eigenvalue weighted by Crippen LogP contribution is -2.50. The molecule has 0 bridgehead atoms. The third kappa shape index (κ3) is 7.58. The first kappa shape index (κ1) is 25.2. The van der Waals surface area contributed by atoms with Crippen LogP contribution in [0.25, 0.3) is 0 Å². The summed E-state index contributed by atoms with van der Waals surface area (Å²) >= 11 is 0. The molecule has 2 amide bonds. The first-order chi connectivity index (χ1) is 16.6. The van der Waals surface area contributed by atoms with Crippen molar-refractivity contribution in [1.82, 2.24) is 10.2 Å². The Labute approximate surface area is 204 Å². The molecule has 0 radical (unpaired) electrons. The molecule has 1 atom stereocenters. The van der Waals surface area contributed by atoms with Gasteiger partial charge < -0.3 is 10.2 Å². The lowest BCUT2D eigenvalue weighted by molar-refractivity contribution is -0.141. The second kappa shape index (κ2) is 13.3. The second-order valence-electron chi connectivity index (χ2n) is 8.78. The van der Waals surface area contributed by atoms with Crippen molar-refractivity contribution in [1.29, 1.82) is 0 Å². The molecule has 3 rings (SSSR count). The molecular weight excluding hydrogens is 420 g/mol. The first-order valence-electron chi connectivity index (χ1n) is 12.3. The van der Waals surface area contributed by atoms with E-state index in [1.165, 1.54) is 0 Å². The van der Waals surface area contributed by atoms with Gasteiger partial charge in [0.25, 0.3) is 0 Å². The van der Waals surface area contributed by atoms with E-state index < -0.39 is 6.04 Å². The van der Waals surface area contributed by atoms with E-state index in [-0.39, 0.29) is 11.8 Å². The number of hydrogen-bond acceptors (Lipinski definition) is 2. The quantitative estimate of drug-likeness (QED) is 0.367. The normalized spacial score (nSPS) is 11.6. The molecule has 0 saturated heterocycles. The van der Waals surface area contributed by atoms with Gasteiger partial charge in [-0.2, -0.15) is 0 Å². The van der Waals surface area contributed by atoms with Crippen LogP contribution in [0.4, 0.5) is 0 Å². The van der Waals surface area contributed by atoms with Gasteiger partial charge in [-0.1, -0.05) is 98.3 Å². The number of hydrogen-bond donors (Lipinski definition) is 1. The van der Waals surface area contributed by atoms with Gasteiger partial charge in [-0.05, 0) is 42.0 Å². The Morgan fingerprint density at radius 3 is 2.12 bits per heavy atom. The zero-order chi connectivity index (χ0) is 24.2. The van der Waals surface area contributed by atoms with Crippen molar-refractivity contribution in [2.24, 2.45) is 0 Å². The molecule has 34 heavy (non-hydrogen) atoms. The van der Waals surface area contributed by atoms with Crippen LogP contribution >= 0.6 is 0 Å². The van der Waals surface area contributed by atoms with Crippen LogP contribution in [-0.4, -0.2) is 29.3 Å². The number of amides is 2. The van der Waals surface area contributed by atoms with E-state index in [1.807, 2.05) is 78.9 Å². The monoisotopic (exact) mass is 456 g/mol. The summed E-state index contributed by atoms with van der Waals surface area (Å²) in [5.74, 6) is -0.0855. The number of nitrogens with zero attached hydrogens (tertiary/aromatic N) is 1. The van der Waals surface area contributed by atoms with E-state index in [2.05, 4.69) is 25.2 Å². The average Bonchev–Trinajstić information content (AvgIpc) is 2.87. The predicted molar refractivity (Wildman–Crippen MR) is 138 cm³/mol. The molecule has 0 aromatic heterocycles. The molecule has 0 aliphatic rings. The molecule has 3 aromatic rings. The smallest absolute Gasteiger partial charge is 0.243 e. The van der Waals surface area contributed by atoms with E-state index in [1.54, 1.807) is 4.90 Å². The van der Waals surface area contributed by atoms with Gasteiger partial charge in [0.05, 0.1) is 0 Å². The molecule has 0 aliphatic heterocycles. The molecule has 4 nitrogen and oxygen atoms in total. The SMILES string of the molecule is CCCCNC(=O)C(Cc1ccccc1)N(Cc1ccccc1C)C(=O)CCc1ccccc1. The van der Waals surface area contributed by atoms with E-state index in [4.69, 9.17) is 0 Å². The van der Waals surface area contributed by atoms with Gasteiger partial charge in [0.2, 0.25) is 11.8 Å². The van der Waals surface area contributed by atoms with Crippen LogP contribution in [0.2, 0.25) is 0 Å². The molecule has 1 N–H and O–H groups in total. The minimum atomic E-state index is -0.567. The summed E-state index contributed by atoms with van der Waals surface area (Å²) < 4.78 is 0.